The molecule has 19 heavy (non-hydrogen) atoms. The standard InChI is InChI=1S/C17H18FN/c1-12-17-14(9-6-10-16(17)18)15(11-19(12)2)13-7-4-3-5-8-13/h3-10,12,15H,11H2,1-2H3. The van der Waals surface area contributed by atoms with Gasteiger partial charge in [-0.25, -0.2) is 4.39 Å². The Morgan fingerprint density at radius 2 is 1.79 bits per heavy atom. The third-order valence-corrected chi connectivity index (χ3v) is 4.21. The number of rotatable bonds is 1. The number of halogens is 1. The molecule has 1 nitrogen and oxygen atoms in total. The molecule has 2 atom stereocenters. The third kappa shape index (κ3) is 2.06. The molecule has 1 heterocycles. The summed E-state index contributed by atoms with van der Waals surface area (Å²) in [6.07, 6.45) is 0. The molecule has 0 fully saturated rings. The average molecular weight is 255 g/mol. The minimum atomic E-state index is -0.0857. The fourth-order valence-electron chi connectivity index (χ4n) is 3.03. The van der Waals surface area contributed by atoms with Gasteiger partial charge in [-0.1, -0.05) is 42.5 Å². The maximum Gasteiger partial charge on any atom is 0.128 e. The van der Waals surface area contributed by atoms with E-state index in [0.717, 1.165) is 17.7 Å². The Hall–Kier alpha value is -1.67. The van der Waals surface area contributed by atoms with Crippen LogP contribution in [-0.2, 0) is 0 Å². The van der Waals surface area contributed by atoms with Gasteiger partial charge in [0.15, 0.2) is 0 Å². The Bertz CT molecular complexity index is 579. The normalized spacial score (nSPS) is 23.1. The van der Waals surface area contributed by atoms with Crippen LogP contribution in [0.15, 0.2) is 48.5 Å². The fraction of sp³-hybridized carbons (Fsp3) is 0.294. The zero-order valence-corrected chi connectivity index (χ0v) is 11.3. The zero-order valence-electron chi connectivity index (χ0n) is 11.3. The lowest BCUT2D eigenvalue weighted by Gasteiger charge is -2.37. The Labute approximate surface area is 113 Å². The van der Waals surface area contributed by atoms with Gasteiger partial charge in [-0.05, 0) is 31.2 Å². The van der Waals surface area contributed by atoms with Crippen LogP contribution in [0.5, 0.6) is 0 Å². The molecule has 2 aromatic carbocycles. The van der Waals surface area contributed by atoms with Crippen molar-refractivity contribution >= 4 is 0 Å². The number of benzene rings is 2. The van der Waals surface area contributed by atoms with Gasteiger partial charge < -0.3 is 0 Å². The Kier molecular flexibility index (Phi) is 3.11. The SMILES string of the molecule is CC1c2c(F)cccc2C(c2ccccc2)CN1C. The smallest absolute Gasteiger partial charge is 0.128 e. The highest BCUT2D eigenvalue weighted by Crippen LogP contribution is 2.39. The molecule has 0 radical (unpaired) electrons. The van der Waals surface area contributed by atoms with E-state index in [2.05, 4.69) is 37.1 Å². The van der Waals surface area contributed by atoms with Gasteiger partial charge in [-0.15, -0.1) is 0 Å². The molecular formula is C17H18FN. The van der Waals surface area contributed by atoms with Crippen LogP contribution in [0.4, 0.5) is 4.39 Å². The van der Waals surface area contributed by atoms with Crippen molar-refractivity contribution in [2.24, 2.45) is 0 Å². The molecule has 98 valence electrons. The highest BCUT2D eigenvalue weighted by molar-refractivity contribution is 5.42. The van der Waals surface area contributed by atoms with Crippen molar-refractivity contribution in [3.8, 4) is 0 Å². The molecule has 2 unspecified atom stereocenters. The molecule has 0 aromatic heterocycles. The highest BCUT2D eigenvalue weighted by atomic mass is 19.1. The molecule has 0 spiro atoms. The lowest BCUT2D eigenvalue weighted by atomic mass is 9.82. The van der Waals surface area contributed by atoms with Gasteiger partial charge in [0.25, 0.3) is 0 Å². The van der Waals surface area contributed by atoms with E-state index >= 15 is 0 Å². The van der Waals surface area contributed by atoms with E-state index in [0.29, 0.717) is 0 Å². The summed E-state index contributed by atoms with van der Waals surface area (Å²) in [6, 6.07) is 16.0. The van der Waals surface area contributed by atoms with Gasteiger partial charge in [0, 0.05) is 24.1 Å². The fourth-order valence-corrected chi connectivity index (χ4v) is 3.03. The quantitative estimate of drug-likeness (QED) is 0.745. The minimum Gasteiger partial charge on any atom is -0.299 e. The number of nitrogens with zero attached hydrogens (tertiary/aromatic N) is 1. The van der Waals surface area contributed by atoms with Crippen molar-refractivity contribution in [3.05, 3.63) is 71.0 Å². The van der Waals surface area contributed by atoms with E-state index in [1.54, 1.807) is 6.07 Å². The van der Waals surface area contributed by atoms with Crippen LogP contribution in [0.2, 0.25) is 0 Å². The number of hydrogen-bond acceptors (Lipinski definition) is 1. The van der Waals surface area contributed by atoms with E-state index in [1.165, 1.54) is 5.56 Å². The topological polar surface area (TPSA) is 3.24 Å². The largest absolute Gasteiger partial charge is 0.299 e. The van der Waals surface area contributed by atoms with Gasteiger partial charge in [0.05, 0.1) is 0 Å². The highest BCUT2D eigenvalue weighted by Gasteiger charge is 2.31. The van der Waals surface area contributed by atoms with Crippen LogP contribution in [0.25, 0.3) is 0 Å². The first-order valence-electron chi connectivity index (χ1n) is 6.72. The second kappa shape index (κ2) is 4.78. The van der Waals surface area contributed by atoms with Crippen LogP contribution in [0, 0.1) is 5.82 Å². The molecule has 0 aliphatic carbocycles. The maximum absolute atomic E-state index is 14.2. The van der Waals surface area contributed by atoms with Crippen molar-refractivity contribution in [1.29, 1.82) is 0 Å². The molecule has 1 aliphatic rings. The molecular weight excluding hydrogens is 237 g/mol. The van der Waals surface area contributed by atoms with Crippen molar-refractivity contribution in [2.45, 2.75) is 18.9 Å². The molecule has 3 rings (SSSR count). The van der Waals surface area contributed by atoms with Crippen molar-refractivity contribution in [1.82, 2.24) is 4.90 Å². The second-order valence-electron chi connectivity index (χ2n) is 5.32. The average Bonchev–Trinajstić information content (AvgIpc) is 2.43. The summed E-state index contributed by atoms with van der Waals surface area (Å²) in [5.74, 6) is 0.172. The number of likely N-dealkylation sites (N-methyl/N-ethyl adjacent to an activating group) is 1. The summed E-state index contributed by atoms with van der Waals surface area (Å²) in [4.78, 5) is 2.23. The first kappa shape index (κ1) is 12.4. The molecule has 0 N–H and O–H groups in total. The third-order valence-electron chi connectivity index (χ3n) is 4.21. The zero-order chi connectivity index (χ0) is 13.4. The predicted octanol–water partition coefficient (Wildman–Crippen LogP) is 3.96. The van der Waals surface area contributed by atoms with Crippen molar-refractivity contribution < 1.29 is 4.39 Å². The first-order chi connectivity index (χ1) is 9.18. The monoisotopic (exact) mass is 255 g/mol. The molecule has 0 bridgehead atoms. The maximum atomic E-state index is 14.2. The van der Waals surface area contributed by atoms with E-state index in [9.17, 15) is 4.39 Å². The molecule has 2 heteroatoms. The van der Waals surface area contributed by atoms with E-state index in [4.69, 9.17) is 0 Å². The molecule has 0 saturated heterocycles. The number of fused-ring (bicyclic) bond motifs is 1. The molecule has 0 saturated carbocycles. The second-order valence-corrected chi connectivity index (χ2v) is 5.32. The van der Waals surface area contributed by atoms with Crippen LogP contribution in [0.1, 0.15) is 35.6 Å². The molecule has 2 aromatic rings. The number of hydrogen-bond donors (Lipinski definition) is 0. The van der Waals surface area contributed by atoms with Gasteiger partial charge in [-0.2, -0.15) is 0 Å². The summed E-state index contributed by atoms with van der Waals surface area (Å²) in [5, 5.41) is 0. The summed E-state index contributed by atoms with van der Waals surface area (Å²) < 4.78 is 14.2. The van der Waals surface area contributed by atoms with Crippen molar-refractivity contribution in [2.75, 3.05) is 13.6 Å². The first-order valence-corrected chi connectivity index (χ1v) is 6.72. The summed E-state index contributed by atoms with van der Waals surface area (Å²) >= 11 is 0. The lowest BCUT2D eigenvalue weighted by molar-refractivity contribution is 0.228. The molecule has 0 amide bonds. The van der Waals surface area contributed by atoms with E-state index in [1.807, 2.05) is 24.3 Å². The van der Waals surface area contributed by atoms with Crippen molar-refractivity contribution in [3.63, 3.8) is 0 Å². The lowest BCUT2D eigenvalue weighted by Crippen LogP contribution is -2.34. The molecule has 1 aliphatic heterocycles. The Morgan fingerprint density at radius 1 is 1.05 bits per heavy atom. The Balaban J connectivity index is 2.15. The summed E-state index contributed by atoms with van der Waals surface area (Å²) in [7, 11) is 2.07. The minimum absolute atomic E-state index is 0.0857. The van der Waals surface area contributed by atoms with Crippen LogP contribution < -0.4 is 0 Å². The van der Waals surface area contributed by atoms with Crippen LogP contribution in [0.3, 0.4) is 0 Å². The summed E-state index contributed by atoms with van der Waals surface area (Å²) in [6.45, 7) is 3.00. The predicted molar refractivity (Wildman–Crippen MR) is 75.7 cm³/mol. The Morgan fingerprint density at radius 3 is 2.53 bits per heavy atom. The van der Waals surface area contributed by atoms with Gasteiger partial charge in [0.1, 0.15) is 5.82 Å². The van der Waals surface area contributed by atoms with E-state index < -0.39 is 0 Å². The van der Waals surface area contributed by atoms with Gasteiger partial charge in [0.2, 0.25) is 0 Å². The van der Waals surface area contributed by atoms with Crippen LogP contribution >= 0.6 is 0 Å². The van der Waals surface area contributed by atoms with Gasteiger partial charge >= 0.3 is 0 Å². The van der Waals surface area contributed by atoms with E-state index in [-0.39, 0.29) is 17.8 Å². The van der Waals surface area contributed by atoms with Gasteiger partial charge in [-0.3, -0.25) is 4.90 Å². The van der Waals surface area contributed by atoms with Crippen LogP contribution in [-0.4, -0.2) is 18.5 Å². The summed E-state index contributed by atoms with van der Waals surface area (Å²) in [5.41, 5.74) is 3.25.